The van der Waals surface area contributed by atoms with Gasteiger partial charge in [0.1, 0.15) is 23.1 Å². The van der Waals surface area contributed by atoms with E-state index in [1.165, 1.54) is 57.8 Å². The molecule has 0 spiro atoms. The Morgan fingerprint density at radius 2 is 1.37 bits per heavy atom. The normalized spacial score (nSPS) is 20.8. The number of rotatable bonds is 22. The number of unbranched alkanes of at least 4 members (excludes halogenated alkanes) is 14. The fourth-order valence-corrected chi connectivity index (χ4v) is 8.13. The van der Waals surface area contributed by atoms with E-state index in [2.05, 4.69) is 11.9 Å². The van der Waals surface area contributed by atoms with Crippen LogP contribution in [0.5, 0.6) is 5.75 Å². The van der Waals surface area contributed by atoms with Crippen molar-refractivity contribution < 1.29 is 60.2 Å². The van der Waals surface area contributed by atoms with Crippen LogP contribution in [0.2, 0.25) is 0 Å². The number of esters is 1. The zero-order chi connectivity index (χ0) is 45.6. The van der Waals surface area contributed by atoms with Gasteiger partial charge < -0.3 is 23.5 Å². The first kappa shape index (κ1) is 50.7. The Morgan fingerprint density at radius 1 is 0.839 bits per heavy atom. The minimum atomic E-state index is -4.35. The molecule has 2 aliphatic rings. The lowest BCUT2D eigenvalue weighted by Crippen LogP contribution is -2.46. The van der Waals surface area contributed by atoms with E-state index in [1.54, 1.807) is 65.8 Å². The monoisotopic (exact) mass is 897 g/mol. The van der Waals surface area contributed by atoms with Crippen molar-refractivity contribution in [3.63, 3.8) is 0 Å². The minimum Gasteiger partial charge on any atom is -0.453 e. The van der Waals surface area contributed by atoms with Gasteiger partial charge in [0.05, 0.1) is 13.2 Å². The van der Waals surface area contributed by atoms with Crippen LogP contribution in [0.4, 0.5) is 24.2 Å². The van der Waals surface area contributed by atoms with E-state index < -0.39 is 79.7 Å². The second-order valence-corrected chi connectivity index (χ2v) is 19.4. The molecule has 62 heavy (non-hydrogen) atoms. The van der Waals surface area contributed by atoms with Gasteiger partial charge >= 0.3 is 37.6 Å². The number of ether oxygens (including phenoxy) is 4. The first-order valence-corrected chi connectivity index (χ1v) is 23.4. The Hall–Kier alpha value is -3.92. The molecule has 4 rings (SSSR count). The van der Waals surface area contributed by atoms with E-state index in [-0.39, 0.29) is 18.8 Å². The van der Waals surface area contributed by atoms with Gasteiger partial charge in [0.2, 0.25) is 6.23 Å². The number of fused-ring (bicyclic) bond motifs is 1. The zero-order valence-corrected chi connectivity index (χ0v) is 38.3. The van der Waals surface area contributed by atoms with Crippen LogP contribution in [0.3, 0.4) is 0 Å². The molecule has 1 aromatic heterocycles. The molecule has 4 atom stereocenters. The molecule has 1 saturated heterocycles. The molecule has 2 amide bonds. The highest BCUT2D eigenvalue weighted by molar-refractivity contribution is 7.49. The molecule has 1 fully saturated rings. The number of hydrogen-bond donors (Lipinski definition) is 0. The van der Waals surface area contributed by atoms with Gasteiger partial charge in [-0.1, -0.05) is 115 Å². The second kappa shape index (κ2) is 23.1. The van der Waals surface area contributed by atoms with Gasteiger partial charge in [-0.05, 0) is 60.1 Å². The van der Waals surface area contributed by atoms with Crippen LogP contribution in [-0.4, -0.2) is 63.6 Å². The fraction of sp³-hybridized carbons (Fsp3) is 0.705. The molecular formula is C44H66F2N3O12P. The average molecular weight is 898 g/mol. The SMILES string of the molecule is CCCCCCCCCCCCCCCCCC(=O)O[C@@H]1[C@@H](COP2(=O)OCc3ccccc3O2)O[C@@H](n2ccc(N(C(=O)OC(C)(C)C)C(=O)OC(C)(C)C)nc2=O)C1(F)F. The number of carbonyl (C=O) groups is 3. The van der Waals surface area contributed by atoms with Crippen molar-refractivity contribution in [3.8, 4) is 5.75 Å². The summed E-state index contributed by atoms with van der Waals surface area (Å²) in [6, 6.07) is 7.56. The van der Waals surface area contributed by atoms with Gasteiger partial charge in [-0.2, -0.15) is 18.7 Å². The highest BCUT2D eigenvalue weighted by Crippen LogP contribution is 2.55. The number of phosphoric acid groups is 1. The van der Waals surface area contributed by atoms with Crippen molar-refractivity contribution in [2.45, 2.75) is 193 Å². The highest BCUT2D eigenvalue weighted by atomic mass is 31.2. The van der Waals surface area contributed by atoms with Gasteiger partial charge in [-0.25, -0.2) is 18.9 Å². The summed E-state index contributed by atoms with van der Waals surface area (Å²) in [5.41, 5.74) is -2.94. The summed E-state index contributed by atoms with van der Waals surface area (Å²) >= 11 is 0. The number of nitrogens with zero attached hydrogens (tertiary/aromatic N) is 3. The first-order valence-electron chi connectivity index (χ1n) is 22.0. The zero-order valence-electron chi connectivity index (χ0n) is 37.4. The number of hydrogen-bond acceptors (Lipinski definition) is 13. The smallest absolute Gasteiger partial charge is 0.453 e. The average Bonchev–Trinajstić information content (AvgIpc) is 3.42. The van der Waals surface area contributed by atoms with Crippen molar-refractivity contribution in [1.29, 1.82) is 0 Å². The quantitative estimate of drug-likeness (QED) is 0.0473. The molecule has 2 aromatic rings. The lowest BCUT2D eigenvalue weighted by atomic mass is 10.0. The van der Waals surface area contributed by atoms with Crippen molar-refractivity contribution in [3.05, 3.63) is 52.6 Å². The van der Waals surface area contributed by atoms with Gasteiger partial charge in [0, 0.05) is 18.2 Å². The summed E-state index contributed by atoms with van der Waals surface area (Å²) in [6.07, 6.45) is 8.50. The molecule has 2 aliphatic heterocycles. The predicted octanol–water partition coefficient (Wildman–Crippen LogP) is 11.4. The van der Waals surface area contributed by atoms with E-state index >= 15 is 8.78 Å². The third kappa shape index (κ3) is 15.7. The molecule has 18 heteroatoms. The van der Waals surface area contributed by atoms with Gasteiger partial charge in [-0.3, -0.25) is 18.4 Å². The largest absolute Gasteiger partial charge is 0.530 e. The number of halogens is 2. The van der Waals surface area contributed by atoms with E-state index in [4.69, 9.17) is 32.5 Å². The third-order valence-electron chi connectivity index (χ3n) is 10.00. The summed E-state index contributed by atoms with van der Waals surface area (Å²) in [5, 5.41) is 0. The minimum absolute atomic E-state index is 0.146. The number of anilines is 1. The molecule has 1 aromatic carbocycles. The Bertz CT molecular complexity index is 1850. The summed E-state index contributed by atoms with van der Waals surface area (Å²) in [5.74, 6) is -5.37. The van der Waals surface area contributed by atoms with E-state index in [0.717, 1.165) is 37.9 Å². The topological polar surface area (TPSA) is 171 Å². The number of imide groups is 1. The summed E-state index contributed by atoms with van der Waals surface area (Å²) in [4.78, 5) is 57.0. The standard InChI is InChI=1S/C44H66F2N3O12P/c1-8-9-10-11-12-13-14-15-16-17-18-19-20-21-22-27-36(50)58-37-34(31-56-62(54)55-30-32-25-23-24-26-33(32)61-62)57-38(44(37,45)46)48-29-28-35(47-39(48)51)49(40(52)59-42(2,3)4)41(53)60-43(5,6)7/h23-26,28-29,34,37-38H,8-22,27,30-31H2,1-7H3/t34-,37-,38-,62?/m1/s1. The predicted molar refractivity (Wildman–Crippen MR) is 227 cm³/mol. The van der Waals surface area contributed by atoms with Crippen molar-refractivity contribution in [2.75, 3.05) is 11.5 Å². The van der Waals surface area contributed by atoms with E-state index in [1.807, 2.05) is 0 Å². The van der Waals surface area contributed by atoms with Crippen LogP contribution in [-0.2, 0) is 44.0 Å². The van der Waals surface area contributed by atoms with E-state index in [0.29, 0.717) is 27.9 Å². The number of aromatic nitrogens is 2. The van der Waals surface area contributed by atoms with Gasteiger partial charge in [0.15, 0.2) is 11.9 Å². The molecule has 0 saturated carbocycles. The second-order valence-electron chi connectivity index (χ2n) is 17.8. The van der Waals surface area contributed by atoms with Crippen LogP contribution >= 0.6 is 7.82 Å². The molecule has 15 nitrogen and oxygen atoms in total. The first-order chi connectivity index (χ1) is 29.2. The van der Waals surface area contributed by atoms with Crippen LogP contribution in [0, 0.1) is 0 Å². The Kier molecular flexibility index (Phi) is 18.9. The van der Waals surface area contributed by atoms with Gasteiger partial charge in [-0.15, -0.1) is 0 Å². The summed E-state index contributed by atoms with van der Waals surface area (Å²) in [7, 11) is -4.35. The fourth-order valence-electron chi connectivity index (χ4n) is 6.91. The van der Waals surface area contributed by atoms with Gasteiger partial charge in [0.25, 0.3) is 0 Å². The van der Waals surface area contributed by atoms with Crippen LogP contribution in [0.15, 0.2) is 41.3 Å². The van der Waals surface area contributed by atoms with Crippen LogP contribution in [0.1, 0.15) is 163 Å². The van der Waals surface area contributed by atoms with E-state index in [9.17, 15) is 23.7 Å². The number of para-hydroxylation sites is 1. The van der Waals surface area contributed by atoms with Crippen molar-refractivity contribution in [2.24, 2.45) is 0 Å². The maximum atomic E-state index is 16.5. The number of amides is 2. The molecular weight excluding hydrogens is 831 g/mol. The molecule has 0 aliphatic carbocycles. The molecule has 348 valence electrons. The molecule has 0 N–H and O–H groups in total. The summed E-state index contributed by atoms with van der Waals surface area (Å²) in [6.45, 7) is 10.5. The maximum absolute atomic E-state index is 16.5. The third-order valence-corrected chi connectivity index (χ3v) is 11.3. The van der Waals surface area contributed by atoms with Crippen molar-refractivity contribution >= 4 is 31.8 Å². The molecule has 0 bridgehead atoms. The Labute approximate surface area is 364 Å². The van der Waals surface area contributed by atoms with Crippen LogP contribution in [0.25, 0.3) is 0 Å². The number of alkyl halides is 2. The maximum Gasteiger partial charge on any atom is 0.530 e. The van der Waals surface area contributed by atoms with Crippen LogP contribution < -0.4 is 15.1 Å². The Balaban J connectivity index is 1.42. The lowest BCUT2D eigenvalue weighted by Gasteiger charge is -2.28. The van der Waals surface area contributed by atoms with Crippen molar-refractivity contribution in [1.82, 2.24) is 9.55 Å². The summed E-state index contributed by atoms with van der Waals surface area (Å²) < 4.78 is 84.8. The number of carbonyl (C=O) groups excluding carboxylic acids is 3. The molecule has 1 unspecified atom stereocenters. The lowest BCUT2D eigenvalue weighted by molar-refractivity contribution is -0.176. The highest BCUT2D eigenvalue weighted by Gasteiger charge is 2.63. The molecule has 0 radical (unpaired) electrons. The molecule has 3 heterocycles. The Morgan fingerprint density at radius 3 is 1.90 bits per heavy atom. The number of phosphoric ester groups is 1. The number of benzene rings is 1.